The van der Waals surface area contributed by atoms with Gasteiger partial charge in [-0.25, -0.2) is 4.39 Å². The second-order valence-electron chi connectivity index (χ2n) is 18.6. The van der Waals surface area contributed by atoms with Gasteiger partial charge in [0.25, 0.3) is 0 Å². The maximum absolute atomic E-state index is 16.0. The number of hydrogen-bond donors (Lipinski definition) is 0. The molecule has 0 heterocycles. The van der Waals surface area contributed by atoms with Crippen molar-refractivity contribution in [3.8, 4) is 44.5 Å². The van der Waals surface area contributed by atoms with E-state index in [1.54, 1.807) is 12.1 Å². The van der Waals surface area contributed by atoms with Crippen LogP contribution in [-0.2, 0) is 10.8 Å². The molecule has 0 aromatic heterocycles. The maximum atomic E-state index is 16.0. The highest BCUT2D eigenvalue weighted by atomic mass is 19.1. The minimum Gasteiger partial charge on any atom is -0.310 e. The van der Waals surface area contributed by atoms with Gasteiger partial charge in [-0.3, -0.25) is 0 Å². The molecule has 0 saturated heterocycles. The molecule has 2 heteroatoms. The summed E-state index contributed by atoms with van der Waals surface area (Å²) >= 11 is 0. The second-order valence-corrected chi connectivity index (χ2v) is 18.6. The minimum absolute atomic E-state index is 0.255. The van der Waals surface area contributed by atoms with Crippen molar-refractivity contribution in [3.63, 3.8) is 0 Å². The van der Waals surface area contributed by atoms with E-state index in [9.17, 15) is 0 Å². The summed E-state index contributed by atoms with van der Waals surface area (Å²) in [7, 11) is 0. The molecule has 0 radical (unpaired) electrons. The highest BCUT2D eigenvalue weighted by Gasteiger charge is 2.47. The van der Waals surface area contributed by atoms with Crippen LogP contribution in [0.3, 0.4) is 0 Å². The third-order valence-corrected chi connectivity index (χ3v) is 15.1. The van der Waals surface area contributed by atoms with E-state index in [2.05, 4.69) is 254 Å². The Morgan fingerprint density at radius 2 is 0.913 bits per heavy atom. The van der Waals surface area contributed by atoms with Gasteiger partial charge in [0.1, 0.15) is 5.82 Å². The van der Waals surface area contributed by atoms with Crippen molar-refractivity contribution in [3.05, 3.63) is 306 Å². The molecule has 13 rings (SSSR count). The van der Waals surface area contributed by atoms with Crippen molar-refractivity contribution in [2.45, 2.75) is 17.8 Å². The van der Waals surface area contributed by atoms with Crippen molar-refractivity contribution in [2.75, 3.05) is 4.90 Å². The first-order valence-corrected chi connectivity index (χ1v) is 23.9. The molecule has 1 atom stereocenters. The van der Waals surface area contributed by atoms with E-state index in [1.165, 1.54) is 44.2 Å². The molecule has 0 N–H and O–H groups in total. The average Bonchev–Trinajstić information content (AvgIpc) is 3.86. The number of nitrogens with zero attached hydrogens (tertiary/aromatic N) is 1. The minimum atomic E-state index is -0.783. The number of halogens is 1. The molecular weight excluding hydrogens is 838 g/mol. The van der Waals surface area contributed by atoms with Gasteiger partial charge in [0, 0.05) is 22.4 Å². The summed E-state index contributed by atoms with van der Waals surface area (Å²) in [4.78, 5) is 2.44. The standard InChI is InChI=1S/C67H46FN/c1-66(47-22-6-2-7-23-47)60-34-17-16-31-55(60)56-40-38-52(44-62(56)66)69(51-28-12-5-13-29-51)64-41-36-46(54-32-18-21-45-20-14-15-30-53(45)54)42-59(64)57-33-19-35-61-65(57)58-39-37-50(68)43-63(58)67(61,48-24-8-3-9-25-48)49-26-10-4-11-27-49/h2-44H,1H3. The highest BCUT2D eigenvalue weighted by molar-refractivity contribution is 6.03. The maximum Gasteiger partial charge on any atom is 0.123 e. The van der Waals surface area contributed by atoms with E-state index in [-0.39, 0.29) is 11.2 Å². The Morgan fingerprint density at radius 1 is 0.348 bits per heavy atom. The van der Waals surface area contributed by atoms with Crippen LogP contribution in [0.2, 0.25) is 0 Å². The van der Waals surface area contributed by atoms with Crippen molar-refractivity contribution in [1.82, 2.24) is 0 Å². The van der Waals surface area contributed by atoms with Crippen molar-refractivity contribution in [1.29, 1.82) is 0 Å². The fourth-order valence-electron chi connectivity index (χ4n) is 12.0. The molecule has 2 aliphatic carbocycles. The van der Waals surface area contributed by atoms with E-state index in [1.807, 2.05) is 6.07 Å². The molecule has 0 aliphatic heterocycles. The molecule has 11 aromatic carbocycles. The van der Waals surface area contributed by atoms with Gasteiger partial charge in [0.05, 0.1) is 11.1 Å². The Hall–Kier alpha value is -8.59. The van der Waals surface area contributed by atoms with Crippen molar-refractivity contribution < 1.29 is 4.39 Å². The lowest BCUT2D eigenvalue weighted by atomic mass is 9.67. The first-order chi connectivity index (χ1) is 34.0. The molecule has 1 nitrogen and oxygen atoms in total. The van der Waals surface area contributed by atoms with Crippen molar-refractivity contribution >= 4 is 27.8 Å². The third-order valence-electron chi connectivity index (χ3n) is 15.1. The van der Waals surface area contributed by atoms with Gasteiger partial charge in [-0.15, -0.1) is 0 Å². The Morgan fingerprint density at radius 3 is 1.67 bits per heavy atom. The number of rotatable bonds is 8. The Kier molecular flexibility index (Phi) is 9.45. The normalized spacial score (nSPS) is 15.0. The van der Waals surface area contributed by atoms with Crippen LogP contribution in [0.1, 0.15) is 45.9 Å². The van der Waals surface area contributed by atoms with Gasteiger partial charge in [0.2, 0.25) is 0 Å². The van der Waals surface area contributed by atoms with E-state index in [0.29, 0.717) is 0 Å². The van der Waals surface area contributed by atoms with E-state index in [4.69, 9.17) is 0 Å². The number of hydrogen-bond acceptors (Lipinski definition) is 1. The molecule has 0 saturated carbocycles. The quantitative estimate of drug-likeness (QED) is 0.147. The van der Waals surface area contributed by atoms with Crippen LogP contribution in [0.15, 0.2) is 261 Å². The van der Waals surface area contributed by atoms with Crippen LogP contribution in [-0.4, -0.2) is 0 Å². The zero-order valence-electron chi connectivity index (χ0n) is 38.2. The van der Waals surface area contributed by atoms with E-state index >= 15 is 4.39 Å². The molecule has 11 aromatic rings. The molecule has 0 fully saturated rings. The molecule has 2 aliphatic rings. The zero-order valence-corrected chi connectivity index (χ0v) is 38.2. The summed E-state index contributed by atoms with van der Waals surface area (Å²) < 4.78 is 16.0. The number of fused-ring (bicyclic) bond motifs is 7. The molecule has 0 amide bonds. The first-order valence-electron chi connectivity index (χ1n) is 23.9. The van der Waals surface area contributed by atoms with Crippen LogP contribution in [0.25, 0.3) is 55.3 Å². The summed E-state index contributed by atoms with van der Waals surface area (Å²) in [6.07, 6.45) is 0. The van der Waals surface area contributed by atoms with Gasteiger partial charge < -0.3 is 4.90 Å². The Labute approximate surface area is 403 Å². The van der Waals surface area contributed by atoms with Gasteiger partial charge in [-0.2, -0.15) is 0 Å². The van der Waals surface area contributed by atoms with Crippen LogP contribution < -0.4 is 4.90 Å². The second kappa shape index (κ2) is 16.0. The summed E-state index contributed by atoms with van der Waals surface area (Å²) in [5.41, 5.74) is 19.2. The van der Waals surface area contributed by atoms with Crippen LogP contribution in [0.4, 0.5) is 21.5 Å². The fourth-order valence-corrected chi connectivity index (χ4v) is 12.0. The van der Waals surface area contributed by atoms with E-state index < -0.39 is 5.41 Å². The number of benzene rings is 11. The highest BCUT2D eigenvalue weighted by Crippen LogP contribution is 2.60. The third kappa shape index (κ3) is 6.15. The van der Waals surface area contributed by atoms with Gasteiger partial charge in [-0.1, -0.05) is 212 Å². The SMILES string of the molecule is CC1(c2ccccc2)c2ccccc2-c2ccc(N(c3ccccc3)c3ccc(-c4cccc5ccccc45)cc3-c3cccc4c3-c3ccc(F)cc3C4(c3ccccc3)c3ccccc3)cc21. The molecule has 69 heavy (non-hydrogen) atoms. The van der Waals surface area contributed by atoms with Gasteiger partial charge in [-0.05, 0) is 144 Å². The first kappa shape index (κ1) is 40.7. The van der Waals surface area contributed by atoms with E-state index in [0.717, 1.165) is 67.1 Å². The summed E-state index contributed by atoms with van der Waals surface area (Å²) in [6, 6.07) is 93.4. The molecule has 326 valence electrons. The van der Waals surface area contributed by atoms with Crippen molar-refractivity contribution in [2.24, 2.45) is 0 Å². The monoisotopic (exact) mass is 883 g/mol. The summed E-state index contributed by atoms with van der Waals surface area (Å²) in [5, 5.41) is 2.39. The summed E-state index contributed by atoms with van der Waals surface area (Å²) in [5.74, 6) is -0.255. The molecule has 0 spiro atoms. The largest absolute Gasteiger partial charge is 0.310 e. The smallest absolute Gasteiger partial charge is 0.123 e. The Bertz CT molecular complexity index is 3700. The van der Waals surface area contributed by atoms with Crippen LogP contribution >= 0.6 is 0 Å². The predicted molar refractivity (Wildman–Crippen MR) is 284 cm³/mol. The average molecular weight is 884 g/mol. The Balaban J connectivity index is 1.12. The predicted octanol–water partition coefficient (Wildman–Crippen LogP) is 17.5. The number of anilines is 3. The number of para-hydroxylation sites is 1. The van der Waals surface area contributed by atoms with Crippen LogP contribution in [0.5, 0.6) is 0 Å². The molecule has 0 bridgehead atoms. The fraction of sp³-hybridized carbons (Fsp3) is 0.0448. The van der Waals surface area contributed by atoms with Gasteiger partial charge in [0.15, 0.2) is 0 Å². The lowest BCUT2D eigenvalue weighted by Crippen LogP contribution is -2.28. The zero-order chi connectivity index (χ0) is 46.1. The van der Waals surface area contributed by atoms with Gasteiger partial charge >= 0.3 is 0 Å². The molecule has 1 unspecified atom stereocenters. The topological polar surface area (TPSA) is 3.24 Å². The lowest BCUT2D eigenvalue weighted by molar-refractivity contribution is 0.621. The van der Waals surface area contributed by atoms with Crippen LogP contribution in [0, 0.1) is 5.82 Å². The lowest BCUT2D eigenvalue weighted by Gasteiger charge is -2.34. The summed E-state index contributed by atoms with van der Waals surface area (Å²) in [6.45, 7) is 2.38. The molecular formula is C67H46FN.